The van der Waals surface area contributed by atoms with Crippen molar-refractivity contribution >= 4 is 11.9 Å². The van der Waals surface area contributed by atoms with E-state index in [9.17, 15) is 14.7 Å². The van der Waals surface area contributed by atoms with E-state index < -0.39 is 17.9 Å². The summed E-state index contributed by atoms with van der Waals surface area (Å²) < 4.78 is 1.88. The highest BCUT2D eigenvalue weighted by Gasteiger charge is 2.28. The first-order valence-electron chi connectivity index (χ1n) is 9.03. The molecule has 0 spiro atoms. The summed E-state index contributed by atoms with van der Waals surface area (Å²) in [6, 6.07) is 10.5. The van der Waals surface area contributed by atoms with Gasteiger partial charge < -0.3 is 10.4 Å². The smallest absolute Gasteiger partial charge is 0.308 e. The van der Waals surface area contributed by atoms with Gasteiger partial charge in [0, 0.05) is 5.69 Å². The van der Waals surface area contributed by atoms with Crippen LogP contribution in [-0.4, -0.2) is 26.8 Å². The summed E-state index contributed by atoms with van der Waals surface area (Å²) in [7, 11) is 0. The minimum Gasteiger partial charge on any atom is -0.481 e. The number of carboxylic acids is 1. The Labute approximate surface area is 154 Å². The van der Waals surface area contributed by atoms with Gasteiger partial charge in [0.15, 0.2) is 0 Å². The van der Waals surface area contributed by atoms with Crippen LogP contribution in [-0.2, 0) is 4.79 Å². The Balaban J connectivity index is 2.27. The average Bonchev–Trinajstić information content (AvgIpc) is 3.02. The van der Waals surface area contributed by atoms with Gasteiger partial charge in [0.25, 0.3) is 5.91 Å². The highest BCUT2D eigenvalue weighted by atomic mass is 16.4. The van der Waals surface area contributed by atoms with Crippen LogP contribution in [0.2, 0.25) is 0 Å². The second kappa shape index (κ2) is 8.65. The number of rotatable bonds is 8. The zero-order valence-electron chi connectivity index (χ0n) is 15.8. The second-order valence-electron chi connectivity index (χ2n) is 6.57. The van der Waals surface area contributed by atoms with Gasteiger partial charge in [-0.3, -0.25) is 14.3 Å². The van der Waals surface area contributed by atoms with Crippen LogP contribution in [0.1, 0.15) is 67.4 Å². The molecule has 1 heterocycles. The van der Waals surface area contributed by atoms with Gasteiger partial charge >= 0.3 is 5.97 Å². The molecule has 0 aliphatic heterocycles. The number of nitrogens with one attached hydrogen (secondary N) is 1. The molecule has 0 aliphatic carbocycles. The fourth-order valence-electron chi connectivity index (χ4n) is 3.12. The van der Waals surface area contributed by atoms with Crippen molar-refractivity contribution in [2.24, 2.45) is 5.92 Å². The number of carbonyl (C=O) groups excluding carboxylic acids is 1. The molecule has 1 aromatic carbocycles. The fourth-order valence-corrected chi connectivity index (χ4v) is 3.12. The number of carbonyl (C=O) groups is 2. The van der Waals surface area contributed by atoms with E-state index in [1.165, 1.54) is 0 Å². The summed E-state index contributed by atoms with van der Waals surface area (Å²) in [6.07, 6.45) is 1.87. The van der Waals surface area contributed by atoms with Gasteiger partial charge in [0.05, 0.1) is 18.0 Å². The topological polar surface area (TPSA) is 84.2 Å². The van der Waals surface area contributed by atoms with Crippen molar-refractivity contribution in [1.82, 2.24) is 15.1 Å². The van der Waals surface area contributed by atoms with Crippen molar-refractivity contribution in [1.29, 1.82) is 0 Å². The molecule has 0 radical (unpaired) electrons. The van der Waals surface area contributed by atoms with Crippen molar-refractivity contribution in [3.8, 4) is 0 Å². The highest BCUT2D eigenvalue weighted by molar-refractivity contribution is 5.93. The van der Waals surface area contributed by atoms with Crippen molar-refractivity contribution in [3.63, 3.8) is 0 Å². The molecule has 140 valence electrons. The molecule has 0 bridgehead atoms. The van der Waals surface area contributed by atoms with E-state index in [4.69, 9.17) is 0 Å². The Bertz CT molecular complexity index is 751. The molecule has 0 saturated carbocycles. The van der Waals surface area contributed by atoms with Crippen LogP contribution in [0.25, 0.3) is 0 Å². The molecular formula is C20H27N3O3. The first-order chi connectivity index (χ1) is 12.4. The number of aliphatic carboxylic acids is 1. The van der Waals surface area contributed by atoms with Gasteiger partial charge in [0.1, 0.15) is 5.69 Å². The predicted molar refractivity (Wildman–Crippen MR) is 100 cm³/mol. The quantitative estimate of drug-likeness (QED) is 0.754. The molecule has 2 aromatic rings. The van der Waals surface area contributed by atoms with Gasteiger partial charge in [-0.15, -0.1) is 0 Å². The number of hydrogen-bond acceptors (Lipinski definition) is 3. The number of benzene rings is 1. The molecule has 0 aliphatic rings. The Kier molecular flexibility index (Phi) is 6.55. The Morgan fingerprint density at radius 1 is 1.19 bits per heavy atom. The third kappa shape index (κ3) is 4.31. The van der Waals surface area contributed by atoms with Crippen molar-refractivity contribution < 1.29 is 14.7 Å². The number of nitrogens with zero attached hydrogens (tertiary/aromatic N) is 2. The maximum absolute atomic E-state index is 12.7. The van der Waals surface area contributed by atoms with E-state index in [0.29, 0.717) is 5.69 Å². The van der Waals surface area contributed by atoms with Crippen LogP contribution in [0.5, 0.6) is 0 Å². The largest absolute Gasteiger partial charge is 0.481 e. The third-order valence-corrected chi connectivity index (χ3v) is 4.78. The summed E-state index contributed by atoms with van der Waals surface area (Å²) in [5.74, 6) is -2.08. The normalized spacial score (nSPS) is 13.4. The molecule has 2 N–H and O–H groups in total. The first-order valence-corrected chi connectivity index (χ1v) is 9.03. The fraction of sp³-hybridized carbons (Fsp3) is 0.450. The van der Waals surface area contributed by atoms with Gasteiger partial charge in [-0.25, -0.2) is 0 Å². The summed E-state index contributed by atoms with van der Waals surface area (Å²) in [5.41, 5.74) is 1.99. The standard InChI is InChI=1S/C20H27N3O3/c1-5-16(6-2)23-13(3)12-17(22-23)19(24)21-18(14(4)20(25)26)15-10-8-7-9-11-15/h7-12,14,16,18H,5-6H2,1-4H3,(H,21,24)(H,25,26). The lowest BCUT2D eigenvalue weighted by atomic mass is 9.94. The van der Waals surface area contributed by atoms with Crippen LogP contribution < -0.4 is 5.32 Å². The molecule has 26 heavy (non-hydrogen) atoms. The lowest BCUT2D eigenvalue weighted by Gasteiger charge is -2.22. The third-order valence-electron chi connectivity index (χ3n) is 4.78. The molecule has 6 nitrogen and oxygen atoms in total. The van der Waals surface area contributed by atoms with Gasteiger partial charge in [-0.1, -0.05) is 44.2 Å². The maximum Gasteiger partial charge on any atom is 0.308 e. The molecule has 6 heteroatoms. The monoisotopic (exact) mass is 357 g/mol. The van der Waals surface area contributed by atoms with E-state index in [1.54, 1.807) is 13.0 Å². The summed E-state index contributed by atoms with van der Waals surface area (Å²) in [4.78, 5) is 24.2. The summed E-state index contributed by atoms with van der Waals surface area (Å²) in [5, 5.41) is 16.7. The number of amides is 1. The molecule has 1 aromatic heterocycles. The van der Waals surface area contributed by atoms with Crippen molar-refractivity contribution in [2.75, 3.05) is 0 Å². The molecule has 1 amide bonds. The van der Waals surface area contributed by atoms with Crippen molar-refractivity contribution in [2.45, 2.75) is 52.6 Å². The van der Waals surface area contributed by atoms with Crippen LogP contribution in [0, 0.1) is 12.8 Å². The van der Waals surface area contributed by atoms with Crippen LogP contribution >= 0.6 is 0 Å². The van der Waals surface area contributed by atoms with E-state index in [0.717, 1.165) is 24.1 Å². The molecule has 0 saturated heterocycles. The number of aromatic nitrogens is 2. The number of aryl methyl sites for hydroxylation is 1. The van der Waals surface area contributed by atoms with Crippen molar-refractivity contribution in [3.05, 3.63) is 53.3 Å². The molecule has 2 unspecified atom stereocenters. The average molecular weight is 357 g/mol. The highest BCUT2D eigenvalue weighted by Crippen LogP contribution is 2.23. The molecule has 2 rings (SSSR count). The minimum absolute atomic E-state index is 0.249. The number of carboxylic acid groups (broad SMARTS) is 1. The Morgan fingerprint density at radius 3 is 2.35 bits per heavy atom. The van der Waals surface area contributed by atoms with E-state index in [1.807, 2.05) is 41.9 Å². The molecule has 0 fully saturated rings. The summed E-state index contributed by atoms with van der Waals surface area (Å²) in [6.45, 7) is 7.70. The second-order valence-corrected chi connectivity index (χ2v) is 6.57. The zero-order valence-corrected chi connectivity index (χ0v) is 15.8. The van der Waals surface area contributed by atoms with E-state index in [-0.39, 0.29) is 11.9 Å². The summed E-state index contributed by atoms with van der Waals surface area (Å²) >= 11 is 0. The van der Waals surface area contributed by atoms with Gasteiger partial charge in [-0.05, 0) is 38.3 Å². The zero-order chi connectivity index (χ0) is 19.3. The maximum atomic E-state index is 12.7. The van der Waals surface area contributed by atoms with Crippen LogP contribution in [0.15, 0.2) is 36.4 Å². The van der Waals surface area contributed by atoms with Gasteiger partial charge in [0.2, 0.25) is 0 Å². The molecule has 2 atom stereocenters. The lowest BCUT2D eigenvalue weighted by Crippen LogP contribution is -2.35. The van der Waals surface area contributed by atoms with Crippen LogP contribution in [0.4, 0.5) is 0 Å². The Morgan fingerprint density at radius 2 is 1.81 bits per heavy atom. The lowest BCUT2D eigenvalue weighted by molar-refractivity contribution is -0.142. The van der Waals surface area contributed by atoms with Crippen LogP contribution in [0.3, 0.4) is 0 Å². The van der Waals surface area contributed by atoms with E-state index >= 15 is 0 Å². The molecular weight excluding hydrogens is 330 g/mol. The van der Waals surface area contributed by atoms with Gasteiger partial charge in [-0.2, -0.15) is 5.10 Å². The minimum atomic E-state index is -0.960. The Hall–Kier alpha value is -2.63. The predicted octanol–water partition coefficient (Wildman–Crippen LogP) is 3.74. The first kappa shape index (κ1) is 19.7. The van der Waals surface area contributed by atoms with E-state index in [2.05, 4.69) is 24.3 Å². The SMILES string of the molecule is CCC(CC)n1nc(C(=O)NC(c2ccccc2)C(C)C(=O)O)cc1C. The number of hydrogen-bond donors (Lipinski definition) is 2.